The fraction of sp³-hybridized carbons (Fsp3) is 0.273. The molecule has 0 heterocycles. The number of rotatable bonds is 2. The van der Waals surface area contributed by atoms with Gasteiger partial charge < -0.3 is 4.74 Å². The third-order valence-electron chi connectivity index (χ3n) is 2.18. The molecule has 0 aliphatic rings. The van der Waals surface area contributed by atoms with Crippen LogP contribution < -0.4 is 10.1 Å². The number of methoxy groups -OCH3 is 1. The van der Waals surface area contributed by atoms with Gasteiger partial charge in [0, 0.05) is 11.6 Å². The molecule has 0 amide bonds. The van der Waals surface area contributed by atoms with Gasteiger partial charge in [0.05, 0.1) is 7.11 Å². The van der Waals surface area contributed by atoms with Crippen LogP contribution in [-0.2, 0) is 0 Å². The van der Waals surface area contributed by atoms with E-state index in [4.69, 9.17) is 10.00 Å². The molecule has 0 fully saturated rings. The van der Waals surface area contributed by atoms with E-state index in [1.165, 1.54) is 20.1 Å². The van der Waals surface area contributed by atoms with E-state index in [1.807, 2.05) is 0 Å². The number of ether oxygens (including phenoxy) is 1. The predicted octanol–water partition coefficient (Wildman–Crippen LogP) is 2.70. The van der Waals surface area contributed by atoms with Gasteiger partial charge in [-0.05, 0) is 13.2 Å². The smallest absolute Gasteiger partial charge is 0.185 e. The molecule has 1 aromatic rings. The average Bonchev–Trinajstić information content (AvgIpc) is 2.38. The quantitative estimate of drug-likeness (QED) is 0.389. The molecule has 0 radical (unpaired) electrons. The SMILES string of the molecule is COc1cc(N=C(NC#N)SC)c(F)c(F)c1C. The number of halogens is 2. The number of nitrogens with one attached hydrogen (secondary N) is 1. The van der Waals surface area contributed by atoms with Crippen LogP contribution in [0.25, 0.3) is 0 Å². The summed E-state index contributed by atoms with van der Waals surface area (Å²) in [6.45, 7) is 1.41. The number of nitrogens with zero attached hydrogens (tertiary/aromatic N) is 2. The first-order valence-corrected chi connectivity index (χ1v) is 6.08. The van der Waals surface area contributed by atoms with Gasteiger partial charge in [-0.15, -0.1) is 0 Å². The van der Waals surface area contributed by atoms with Crippen LogP contribution in [0.5, 0.6) is 5.75 Å². The third kappa shape index (κ3) is 2.90. The van der Waals surface area contributed by atoms with Gasteiger partial charge in [0.15, 0.2) is 23.0 Å². The van der Waals surface area contributed by atoms with Gasteiger partial charge in [-0.3, -0.25) is 5.32 Å². The van der Waals surface area contributed by atoms with Gasteiger partial charge in [-0.25, -0.2) is 13.8 Å². The highest BCUT2D eigenvalue weighted by atomic mass is 32.2. The molecule has 0 aromatic heterocycles. The summed E-state index contributed by atoms with van der Waals surface area (Å²) in [6.07, 6.45) is 3.32. The minimum Gasteiger partial charge on any atom is -0.496 e. The molecular weight excluding hydrogens is 260 g/mol. The van der Waals surface area contributed by atoms with Crippen LogP contribution in [0, 0.1) is 30.0 Å². The van der Waals surface area contributed by atoms with Gasteiger partial charge in [-0.1, -0.05) is 11.8 Å². The van der Waals surface area contributed by atoms with Crippen molar-refractivity contribution in [2.24, 2.45) is 4.99 Å². The molecule has 1 aromatic carbocycles. The van der Waals surface area contributed by atoms with Gasteiger partial charge in [0.2, 0.25) is 0 Å². The van der Waals surface area contributed by atoms with Crippen molar-refractivity contribution in [3.63, 3.8) is 0 Å². The fourth-order valence-electron chi connectivity index (χ4n) is 1.26. The minimum absolute atomic E-state index is 0.0768. The van der Waals surface area contributed by atoms with E-state index >= 15 is 0 Å². The first-order valence-electron chi connectivity index (χ1n) is 4.85. The average molecular weight is 271 g/mol. The van der Waals surface area contributed by atoms with Crippen LogP contribution in [0.15, 0.2) is 11.1 Å². The van der Waals surface area contributed by atoms with Crippen molar-refractivity contribution in [1.82, 2.24) is 5.32 Å². The molecule has 0 saturated carbocycles. The molecule has 0 unspecified atom stereocenters. The van der Waals surface area contributed by atoms with Crippen LogP contribution >= 0.6 is 11.8 Å². The number of hydrogen-bond donors (Lipinski definition) is 1. The predicted molar refractivity (Wildman–Crippen MR) is 67.0 cm³/mol. The second-order valence-electron chi connectivity index (χ2n) is 3.21. The zero-order chi connectivity index (χ0) is 13.7. The summed E-state index contributed by atoms with van der Waals surface area (Å²) in [6, 6.07) is 1.28. The largest absolute Gasteiger partial charge is 0.496 e. The van der Waals surface area contributed by atoms with Crippen molar-refractivity contribution in [2.75, 3.05) is 13.4 Å². The molecule has 0 bridgehead atoms. The van der Waals surface area contributed by atoms with Crippen LogP contribution in [-0.4, -0.2) is 18.5 Å². The number of hydrogen-bond acceptors (Lipinski definition) is 4. The Balaban J connectivity index is 3.33. The normalized spacial score (nSPS) is 11.0. The number of benzene rings is 1. The number of aliphatic imine (C=N–C) groups is 1. The Bertz CT molecular complexity index is 526. The van der Waals surface area contributed by atoms with E-state index < -0.39 is 11.6 Å². The zero-order valence-corrected chi connectivity index (χ0v) is 10.9. The van der Waals surface area contributed by atoms with E-state index in [-0.39, 0.29) is 22.2 Å². The highest BCUT2D eigenvalue weighted by molar-refractivity contribution is 8.13. The molecular formula is C11H11F2N3OS. The molecule has 18 heavy (non-hydrogen) atoms. The van der Waals surface area contributed by atoms with Gasteiger partial charge in [0.1, 0.15) is 11.4 Å². The maximum atomic E-state index is 13.7. The van der Waals surface area contributed by atoms with Crippen molar-refractivity contribution in [2.45, 2.75) is 6.92 Å². The van der Waals surface area contributed by atoms with Gasteiger partial charge in [-0.2, -0.15) is 5.26 Å². The van der Waals surface area contributed by atoms with Crippen molar-refractivity contribution < 1.29 is 13.5 Å². The Hall–Kier alpha value is -1.81. The zero-order valence-electron chi connectivity index (χ0n) is 10.0. The summed E-state index contributed by atoms with van der Waals surface area (Å²) in [5, 5.41) is 10.9. The lowest BCUT2D eigenvalue weighted by atomic mass is 10.2. The first kappa shape index (κ1) is 14.3. The summed E-state index contributed by atoms with van der Waals surface area (Å²) in [5.41, 5.74) is -0.144. The van der Waals surface area contributed by atoms with Crippen molar-refractivity contribution in [3.8, 4) is 11.9 Å². The minimum atomic E-state index is -1.07. The summed E-state index contributed by atoms with van der Waals surface area (Å²) < 4.78 is 32.1. The van der Waals surface area contributed by atoms with Crippen LogP contribution in [0.2, 0.25) is 0 Å². The molecule has 96 valence electrons. The highest BCUT2D eigenvalue weighted by Crippen LogP contribution is 2.31. The Morgan fingerprint density at radius 1 is 1.50 bits per heavy atom. The Labute approximate surface area is 108 Å². The molecule has 0 aliphatic heterocycles. The lowest BCUT2D eigenvalue weighted by Crippen LogP contribution is -2.12. The van der Waals surface area contributed by atoms with E-state index in [0.717, 1.165) is 11.8 Å². The van der Waals surface area contributed by atoms with E-state index in [9.17, 15) is 8.78 Å². The molecule has 4 nitrogen and oxygen atoms in total. The Morgan fingerprint density at radius 2 is 2.17 bits per heavy atom. The third-order valence-corrected chi connectivity index (χ3v) is 2.76. The van der Waals surface area contributed by atoms with Crippen molar-refractivity contribution in [3.05, 3.63) is 23.3 Å². The van der Waals surface area contributed by atoms with Gasteiger partial charge in [0.25, 0.3) is 0 Å². The lowest BCUT2D eigenvalue weighted by Gasteiger charge is -2.09. The summed E-state index contributed by atoms with van der Waals surface area (Å²) in [5.74, 6) is -1.88. The Morgan fingerprint density at radius 3 is 2.67 bits per heavy atom. The summed E-state index contributed by atoms with van der Waals surface area (Å²) >= 11 is 1.11. The Kier molecular flexibility index (Phi) is 4.92. The van der Waals surface area contributed by atoms with E-state index in [1.54, 1.807) is 12.4 Å². The van der Waals surface area contributed by atoms with E-state index in [0.29, 0.717) is 0 Å². The van der Waals surface area contributed by atoms with Crippen LogP contribution in [0.1, 0.15) is 5.56 Å². The second kappa shape index (κ2) is 6.21. The molecule has 0 atom stereocenters. The summed E-state index contributed by atoms with van der Waals surface area (Å²) in [4.78, 5) is 3.83. The molecule has 1 N–H and O–H groups in total. The van der Waals surface area contributed by atoms with Gasteiger partial charge >= 0.3 is 0 Å². The number of amidine groups is 1. The molecule has 0 aliphatic carbocycles. The molecule has 1 rings (SSSR count). The fourth-order valence-corrected chi connectivity index (χ4v) is 1.59. The van der Waals surface area contributed by atoms with E-state index in [2.05, 4.69) is 10.3 Å². The molecule has 7 heteroatoms. The highest BCUT2D eigenvalue weighted by Gasteiger charge is 2.16. The monoisotopic (exact) mass is 271 g/mol. The van der Waals surface area contributed by atoms with Crippen LogP contribution in [0.4, 0.5) is 14.5 Å². The topological polar surface area (TPSA) is 57.4 Å². The lowest BCUT2D eigenvalue weighted by molar-refractivity contribution is 0.402. The van der Waals surface area contributed by atoms with Crippen molar-refractivity contribution in [1.29, 1.82) is 5.26 Å². The number of nitriles is 1. The second-order valence-corrected chi connectivity index (χ2v) is 4.00. The maximum Gasteiger partial charge on any atom is 0.185 e. The molecule has 0 spiro atoms. The van der Waals surface area contributed by atoms with Crippen LogP contribution in [0.3, 0.4) is 0 Å². The van der Waals surface area contributed by atoms with Crippen molar-refractivity contribution >= 4 is 22.6 Å². The molecule has 0 saturated heterocycles. The number of thioether (sulfide) groups is 1. The maximum absolute atomic E-state index is 13.7. The summed E-state index contributed by atoms with van der Waals surface area (Å²) in [7, 11) is 1.36. The standard InChI is InChI=1S/C11H11F2N3OS/c1-6-8(17-2)4-7(10(13)9(6)12)16-11(18-3)15-5-14/h4H,1-3H3,(H,15,16). The first-order chi connectivity index (χ1) is 8.54.